The lowest BCUT2D eigenvalue weighted by Crippen LogP contribution is -2.37. The van der Waals surface area contributed by atoms with Crippen LogP contribution in [0.4, 0.5) is 0 Å². The molecule has 0 bridgehead atoms. The van der Waals surface area contributed by atoms with Gasteiger partial charge >= 0.3 is 0 Å². The van der Waals surface area contributed by atoms with Gasteiger partial charge in [0.2, 0.25) is 0 Å². The van der Waals surface area contributed by atoms with Crippen molar-refractivity contribution < 1.29 is 0 Å². The second-order valence-corrected chi connectivity index (χ2v) is 6.00. The zero-order valence-corrected chi connectivity index (χ0v) is 16.6. The minimum absolute atomic E-state index is 0. The van der Waals surface area contributed by atoms with Gasteiger partial charge in [-0.15, -0.1) is 24.0 Å². The Morgan fingerprint density at radius 2 is 1.71 bits per heavy atom. The molecule has 0 aliphatic heterocycles. The van der Waals surface area contributed by atoms with Crippen molar-refractivity contribution in [2.75, 3.05) is 27.2 Å². The molecule has 0 aliphatic carbocycles. The van der Waals surface area contributed by atoms with Crippen LogP contribution in [0.15, 0.2) is 29.3 Å². The van der Waals surface area contributed by atoms with Gasteiger partial charge in [-0.25, -0.2) is 0 Å². The van der Waals surface area contributed by atoms with Crippen molar-refractivity contribution in [3.8, 4) is 0 Å². The van der Waals surface area contributed by atoms with Crippen LogP contribution in [0.5, 0.6) is 0 Å². The Morgan fingerprint density at radius 1 is 1.14 bits per heavy atom. The standard InChI is InChI=1S/C17H29N3.HI/c1-7-14-9-11-15(12-10-14)17(3,4)13-19-16(18-8-2)20(5)6;/h9-12H,7-8,13H2,1-6H3,(H,18,19);1H. The molecule has 1 aromatic carbocycles. The summed E-state index contributed by atoms with van der Waals surface area (Å²) in [6, 6.07) is 8.91. The summed E-state index contributed by atoms with van der Waals surface area (Å²) in [5.41, 5.74) is 2.77. The lowest BCUT2D eigenvalue weighted by Gasteiger charge is -2.25. The van der Waals surface area contributed by atoms with Gasteiger partial charge in [0.15, 0.2) is 5.96 Å². The smallest absolute Gasteiger partial charge is 0.193 e. The summed E-state index contributed by atoms with van der Waals surface area (Å²) < 4.78 is 0. The monoisotopic (exact) mass is 403 g/mol. The molecule has 0 aromatic heterocycles. The maximum atomic E-state index is 4.74. The van der Waals surface area contributed by atoms with Crippen molar-refractivity contribution in [1.82, 2.24) is 10.2 Å². The highest BCUT2D eigenvalue weighted by molar-refractivity contribution is 14.0. The van der Waals surface area contributed by atoms with Crippen LogP contribution in [-0.2, 0) is 11.8 Å². The summed E-state index contributed by atoms with van der Waals surface area (Å²) >= 11 is 0. The maximum Gasteiger partial charge on any atom is 0.193 e. The lowest BCUT2D eigenvalue weighted by molar-refractivity contribution is 0.522. The summed E-state index contributed by atoms with van der Waals surface area (Å²) in [5, 5.41) is 3.30. The number of hydrogen-bond acceptors (Lipinski definition) is 1. The molecule has 0 unspecified atom stereocenters. The first-order chi connectivity index (χ1) is 9.40. The van der Waals surface area contributed by atoms with E-state index >= 15 is 0 Å². The van der Waals surface area contributed by atoms with Crippen LogP contribution in [0.3, 0.4) is 0 Å². The molecule has 0 saturated heterocycles. The Morgan fingerprint density at radius 3 is 2.14 bits per heavy atom. The fourth-order valence-corrected chi connectivity index (χ4v) is 2.07. The van der Waals surface area contributed by atoms with E-state index in [-0.39, 0.29) is 29.4 Å². The highest BCUT2D eigenvalue weighted by Gasteiger charge is 2.20. The summed E-state index contributed by atoms with van der Waals surface area (Å²) in [7, 11) is 4.04. The van der Waals surface area contributed by atoms with Crippen LogP contribution in [0.2, 0.25) is 0 Å². The van der Waals surface area contributed by atoms with Crippen LogP contribution in [-0.4, -0.2) is 38.0 Å². The van der Waals surface area contributed by atoms with E-state index in [9.17, 15) is 0 Å². The van der Waals surface area contributed by atoms with Crippen molar-refractivity contribution in [1.29, 1.82) is 0 Å². The number of halogens is 1. The second kappa shape index (κ2) is 9.28. The molecule has 4 heteroatoms. The number of nitrogens with zero attached hydrogens (tertiary/aromatic N) is 2. The molecule has 1 aromatic rings. The zero-order valence-electron chi connectivity index (χ0n) is 14.2. The van der Waals surface area contributed by atoms with E-state index in [1.54, 1.807) is 0 Å². The maximum absolute atomic E-state index is 4.74. The van der Waals surface area contributed by atoms with E-state index < -0.39 is 0 Å². The third kappa shape index (κ3) is 6.24. The lowest BCUT2D eigenvalue weighted by atomic mass is 9.84. The minimum Gasteiger partial charge on any atom is -0.357 e. The summed E-state index contributed by atoms with van der Waals surface area (Å²) in [5.74, 6) is 0.950. The average Bonchev–Trinajstić information content (AvgIpc) is 2.43. The number of rotatable bonds is 5. The molecule has 0 spiro atoms. The van der Waals surface area contributed by atoms with Gasteiger partial charge in [-0.05, 0) is 24.5 Å². The molecule has 0 amide bonds. The van der Waals surface area contributed by atoms with E-state index in [1.807, 2.05) is 19.0 Å². The average molecular weight is 403 g/mol. The Hall–Kier alpha value is -0.780. The van der Waals surface area contributed by atoms with Crippen LogP contribution >= 0.6 is 24.0 Å². The predicted octanol–water partition coefficient (Wildman–Crippen LogP) is 3.67. The molecular weight excluding hydrogens is 373 g/mol. The molecule has 0 radical (unpaired) electrons. The van der Waals surface area contributed by atoms with Crippen LogP contribution < -0.4 is 5.32 Å². The van der Waals surface area contributed by atoms with Gasteiger partial charge in [0.1, 0.15) is 0 Å². The third-order valence-corrected chi connectivity index (χ3v) is 3.53. The Kier molecular flexibility index (Phi) is 8.94. The van der Waals surface area contributed by atoms with E-state index in [0.29, 0.717) is 0 Å². The zero-order chi connectivity index (χ0) is 15.2. The van der Waals surface area contributed by atoms with Crippen molar-refractivity contribution in [3.05, 3.63) is 35.4 Å². The van der Waals surface area contributed by atoms with Gasteiger partial charge in [0, 0.05) is 26.1 Å². The normalized spacial score (nSPS) is 11.8. The third-order valence-electron chi connectivity index (χ3n) is 3.53. The number of aryl methyl sites for hydroxylation is 1. The van der Waals surface area contributed by atoms with Crippen LogP contribution in [0.25, 0.3) is 0 Å². The summed E-state index contributed by atoms with van der Waals surface area (Å²) in [6.45, 7) is 10.4. The molecule has 0 heterocycles. The van der Waals surface area contributed by atoms with Gasteiger partial charge in [0.25, 0.3) is 0 Å². The quantitative estimate of drug-likeness (QED) is 0.462. The first-order valence-electron chi connectivity index (χ1n) is 7.45. The van der Waals surface area contributed by atoms with E-state index in [4.69, 9.17) is 4.99 Å². The number of hydrogen-bond donors (Lipinski definition) is 1. The second-order valence-electron chi connectivity index (χ2n) is 6.00. The summed E-state index contributed by atoms with van der Waals surface area (Å²) in [4.78, 5) is 6.76. The molecule has 21 heavy (non-hydrogen) atoms. The van der Waals surface area contributed by atoms with E-state index in [2.05, 4.69) is 57.3 Å². The van der Waals surface area contributed by atoms with Crippen LogP contribution in [0.1, 0.15) is 38.8 Å². The molecular formula is C17H30IN3. The molecule has 3 nitrogen and oxygen atoms in total. The predicted molar refractivity (Wildman–Crippen MR) is 104 cm³/mol. The Labute approximate surface area is 147 Å². The molecule has 120 valence electrons. The van der Waals surface area contributed by atoms with Crippen molar-refractivity contribution in [2.45, 2.75) is 39.5 Å². The minimum atomic E-state index is 0. The fourth-order valence-electron chi connectivity index (χ4n) is 2.07. The van der Waals surface area contributed by atoms with Crippen molar-refractivity contribution in [3.63, 3.8) is 0 Å². The van der Waals surface area contributed by atoms with Crippen molar-refractivity contribution >= 4 is 29.9 Å². The molecule has 0 saturated carbocycles. The summed E-state index contributed by atoms with van der Waals surface area (Å²) in [6.07, 6.45) is 1.09. The number of guanidine groups is 1. The van der Waals surface area contributed by atoms with E-state index in [0.717, 1.165) is 25.5 Å². The van der Waals surface area contributed by atoms with Crippen LogP contribution in [0, 0.1) is 0 Å². The van der Waals surface area contributed by atoms with Gasteiger partial charge in [-0.2, -0.15) is 0 Å². The molecule has 0 atom stereocenters. The van der Waals surface area contributed by atoms with Crippen molar-refractivity contribution in [2.24, 2.45) is 4.99 Å². The van der Waals surface area contributed by atoms with Gasteiger partial charge in [-0.3, -0.25) is 4.99 Å². The molecule has 0 fully saturated rings. The molecule has 1 N–H and O–H groups in total. The van der Waals surface area contributed by atoms with Gasteiger partial charge < -0.3 is 10.2 Å². The number of nitrogens with one attached hydrogen (secondary N) is 1. The largest absolute Gasteiger partial charge is 0.357 e. The first kappa shape index (κ1) is 20.2. The topological polar surface area (TPSA) is 27.6 Å². The highest BCUT2D eigenvalue weighted by atomic mass is 127. The fraction of sp³-hybridized carbons (Fsp3) is 0.588. The van der Waals surface area contributed by atoms with Gasteiger partial charge in [-0.1, -0.05) is 45.0 Å². The number of aliphatic imine (C=N–C) groups is 1. The Balaban J connectivity index is 0.00000400. The first-order valence-corrected chi connectivity index (χ1v) is 7.45. The number of benzene rings is 1. The van der Waals surface area contributed by atoms with Gasteiger partial charge in [0.05, 0.1) is 6.54 Å². The molecule has 1 rings (SSSR count). The Bertz CT molecular complexity index is 436. The molecule has 0 aliphatic rings. The SMILES string of the molecule is CCNC(=NCC(C)(C)c1ccc(CC)cc1)N(C)C.I. The van der Waals surface area contributed by atoms with E-state index in [1.165, 1.54) is 11.1 Å². The highest BCUT2D eigenvalue weighted by Crippen LogP contribution is 2.24.